The van der Waals surface area contributed by atoms with Gasteiger partial charge in [-0.05, 0) is 49.4 Å². The molecule has 198 valence electrons. The molecule has 1 fully saturated rings. The molecule has 0 aliphatic carbocycles. The van der Waals surface area contributed by atoms with E-state index in [0.717, 1.165) is 59.6 Å². The van der Waals surface area contributed by atoms with Gasteiger partial charge in [0, 0.05) is 43.1 Å². The van der Waals surface area contributed by atoms with Crippen LogP contribution in [0, 0.1) is 13.8 Å². The van der Waals surface area contributed by atoms with Crippen molar-refractivity contribution in [1.82, 2.24) is 20.2 Å². The topological polar surface area (TPSA) is 117 Å². The van der Waals surface area contributed by atoms with Gasteiger partial charge in [-0.2, -0.15) is 0 Å². The molecule has 2 amide bonds. The summed E-state index contributed by atoms with van der Waals surface area (Å²) in [6.45, 7) is 5.41. The van der Waals surface area contributed by atoms with E-state index >= 15 is 0 Å². The van der Waals surface area contributed by atoms with E-state index in [1.807, 2.05) is 56.3 Å². The van der Waals surface area contributed by atoms with Crippen molar-refractivity contribution in [2.45, 2.75) is 45.3 Å². The third-order valence-corrected chi connectivity index (χ3v) is 7.09. The molecule has 2 aliphatic rings. The van der Waals surface area contributed by atoms with Gasteiger partial charge in [-0.3, -0.25) is 9.59 Å². The highest BCUT2D eigenvalue weighted by atomic mass is 16.5. The highest BCUT2D eigenvalue weighted by Gasteiger charge is 2.30. The van der Waals surface area contributed by atoms with Crippen LogP contribution >= 0.6 is 0 Å². The molecule has 2 aliphatic heterocycles. The summed E-state index contributed by atoms with van der Waals surface area (Å²) >= 11 is 0. The molecule has 0 unspecified atom stereocenters. The lowest BCUT2D eigenvalue weighted by Crippen LogP contribution is -2.40. The number of aliphatic hydroxyl groups is 1. The number of hydrogen-bond acceptors (Lipinski definition) is 7. The van der Waals surface area contributed by atoms with Crippen molar-refractivity contribution in [3.8, 4) is 11.3 Å². The third kappa shape index (κ3) is 5.69. The van der Waals surface area contributed by atoms with Gasteiger partial charge in [0.15, 0.2) is 0 Å². The lowest BCUT2D eigenvalue weighted by atomic mass is 10.0. The number of aryl methyl sites for hydroxylation is 2. The zero-order valence-corrected chi connectivity index (χ0v) is 21.7. The quantitative estimate of drug-likeness (QED) is 0.422. The highest BCUT2D eigenvalue weighted by Crippen LogP contribution is 2.30. The molecular formula is C29H33N5O4. The molecule has 9 heteroatoms. The highest BCUT2D eigenvalue weighted by molar-refractivity contribution is 6.01. The standard InChI is InChI=1S/C29H33N5O4/c1-18-4-3-5-20(12-18)25(17-35)32-26(36)16-34-15-22-7-6-21(13-24(22)28(34)37)27-19(2)14-30-29(33-27)31-23-8-10-38-11-9-23/h3-7,12-14,23,25,35H,8-11,15-17H2,1-2H3,(H,32,36)(H,30,31,33)/t25-/m1/s1. The molecule has 0 bridgehead atoms. The van der Waals surface area contributed by atoms with Gasteiger partial charge >= 0.3 is 0 Å². The van der Waals surface area contributed by atoms with E-state index in [1.54, 1.807) is 6.20 Å². The first-order valence-corrected chi connectivity index (χ1v) is 13.0. The average molecular weight is 516 g/mol. The summed E-state index contributed by atoms with van der Waals surface area (Å²) in [4.78, 5) is 36.8. The molecule has 0 radical (unpaired) electrons. The number of aliphatic hydroxyl groups excluding tert-OH is 1. The van der Waals surface area contributed by atoms with E-state index in [1.165, 1.54) is 4.90 Å². The molecule has 5 rings (SSSR count). The van der Waals surface area contributed by atoms with Crippen LogP contribution in [0.4, 0.5) is 5.95 Å². The van der Waals surface area contributed by atoms with Crippen LogP contribution in [0.1, 0.15) is 51.5 Å². The van der Waals surface area contributed by atoms with Gasteiger partial charge in [0.2, 0.25) is 11.9 Å². The molecule has 2 aromatic carbocycles. The molecule has 1 aromatic heterocycles. The summed E-state index contributed by atoms with van der Waals surface area (Å²) in [6, 6.07) is 13.1. The van der Waals surface area contributed by atoms with Crippen molar-refractivity contribution in [2.24, 2.45) is 0 Å². The van der Waals surface area contributed by atoms with E-state index in [9.17, 15) is 14.7 Å². The van der Waals surface area contributed by atoms with E-state index in [-0.39, 0.29) is 31.0 Å². The van der Waals surface area contributed by atoms with E-state index < -0.39 is 6.04 Å². The van der Waals surface area contributed by atoms with E-state index in [0.29, 0.717) is 18.1 Å². The summed E-state index contributed by atoms with van der Waals surface area (Å²) in [7, 11) is 0. The third-order valence-electron chi connectivity index (χ3n) is 7.09. The molecule has 0 spiro atoms. The van der Waals surface area contributed by atoms with Crippen molar-refractivity contribution in [3.05, 3.63) is 76.5 Å². The summed E-state index contributed by atoms with van der Waals surface area (Å²) in [5.41, 5.74) is 5.83. The molecule has 1 saturated heterocycles. The first-order chi connectivity index (χ1) is 18.4. The van der Waals surface area contributed by atoms with Crippen molar-refractivity contribution in [3.63, 3.8) is 0 Å². The first-order valence-electron chi connectivity index (χ1n) is 13.0. The Morgan fingerprint density at radius 1 is 1.18 bits per heavy atom. The minimum Gasteiger partial charge on any atom is -0.394 e. The van der Waals surface area contributed by atoms with Gasteiger partial charge in [-0.1, -0.05) is 42.0 Å². The van der Waals surface area contributed by atoms with Crippen molar-refractivity contribution in [2.75, 3.05) is 31.7 Å². The molecule has 3 aromatic rings. The number of hydrogen-bond donors (Lipinski definition) is 3. The number of aromatic nitrogens is 2. The Labute approximate surface area is 222 Å². The van der Waals surface area contributed by atoms with Crippen molar-refractivity contribution < 1.29 is 19.4 Å². The zero-order valence-electron chi connectivity index (χ0n) is 21.7. The Kier molecular flexibility index (Phi) is 7.67. The minimum absolute atomic E-state index is 0.0864. The number of nitrogens with zero attached hydrogens (tertiary/aromatic N) is 3. The maximum atomic E-state index is 13.2. The number of carbonyl (C=O) groups is 2. The Bertz CT molecular complexity index is 1340. The maximum absolute atomic E-state index is 13.2. The van der Waals surface area contributed by atoms with Gasteiger partial charge < -0.3 is 25.4 Å². The van der Waals surface area contributed by atoms with Crippen molar-refractivity contribution in [1.29, 1.82) is 0 Å². The van der Waals surface area contributed by atoms with Gasteiger partial charge in [-0.15, -0.1) is 0 Å². The fourth-order valence-corrected chi connectivity index (χ4v) is 5.00. The second-order valence-electron chi connectivity index (χ2n) is 10.0. The largest absolute Gasteiger partial charge is 0.394 e. The van der Waals surface area contributed by atoms with E-state index in [4.69, 9.17) is 9.72 Å². The van der Waals surface area contributed by atoms with Crippen LogP contribution in [0.3, 0.4) is 0 Å². The molecule has 1 atom stereocenters. The normalized spacial score (nSPS) is 16.3. The monoisotopic (exact) mass is 515 g/mol. The van der Waals surface area contributed by atoms with Crippen LogP contribution in [-0.2, 0) is 16.1 Å². The van der Waals surface area contributed by atoms with Crippen LogP contribution in [0.15, 0.2) is 48.7 Å². The number of carbonyl (C=O) groups excluding carboxylic acids is 2. The lowest BCUT2D eigenvalue weighted by Gasteiger charge is -2.23. The van der Waals surface area contributed by atoms with Crippen LogP contribution in [-0.4, -0.2) is 64.2 Å². The van der Waals surface area contributed by atoms with Gasteiger partial charge in [0.25, 0.3) is 5.91 Å². The minimum atomic E-state index is -0.529. The smallest absolute Gasteiger partial charge is 0.254 e. The fraction of sp³-hybridized carbons (Fsp3) is 0.379. The number of nitrogens with one attached hydrogen (secondary N) is 2. The van der Waals surface area contributed by atoms with Gasteiger partial charge in [0.05, 0.1) is 18.3 Å². The van der Waals surface area contributed by atoms with Crippen LogP contribution in [0.5, 0.6) is 0 Å². The molecule has 0 saturated carbocycles. The number of rotatable bonds is 8. The Hall–Kier alpha value is -3.82. The van der Waals surface area contributed by atoms with Gasteiger partial charge in [0.1, 0.15) is 6.54 Å². The maximum Gasteiger partial charge on any atom is 0.254 e. The second kappa shape index (κ2) is 11.3. The van der Waals surface area contributed by atoms with Crippen molar-refractivity contribution >= 4 is 17.8 Å². The second-order valence-corrected chi connectivity index (χ2v) is 10.0. The van der Waals surface area contributed by atoms with Gasteiger partial charge in [-0.25, -0.2) is 9.97 Å². The first kappa shape index (κ1) is 25.8. The Morgan fingerprint density at radius 3 is 2.76 bits per heavy atom. The fourth-order valence-electron chi connectivity index (χ4n) is 5.00. The summed E-state index contributed by atoms with van der Waals surface area (Å²) in [6.07, 6.45) is 3.61. The van der Waals surface area contributed by atoms with Crippen LogP contribution in [0.25, 0.3) is 11.3 Å². The number of fused-ring (bicyclic) bond motifs is 1. The predicted molar refractivity (Wildman–Crippen MR) is 144 cm³/mol. The summed E-state index contributed by atoms with van der Waals surface area (Å²) in [5, 5.41) is 16.1. The van der Waals surface area contributed by atoms with Crippen LogP contribution < -0.4 is 10.6 Å². The number of benzene rings is 2. The zero-order chi connectivity index (χ0) is 26.6. The molecule has 3 heterocycles. The molecule has 9 nitrogen and oxygen atoms in total. The molecule has 38 heavy (non-hydrogen) atoms. The number of ether oxygens (including phenoxy) is 1. The summed E-state index contributed by atoms with van der Waals surface area (Å²) in [5.74, 6) is 0.0532. The summed E-state index contributed by atoms with van der Waals surface area (Å²) < 4.78 is 5.43. The Balaban J connectivity index is 1.28. The van der Waals surface area contributed by atoms with Crippen LogP contribution in [0.2, 0.25) is 0 Å². The van der Waals surface area contributed by atoms with E-state index in [2.05, 4.69) is 15.6 Å². The molecular weight excluding hydrogens is 482 g/mol. The SMILES string of the molecule is Cc1cccc([C@@H](CO)NC(=O)CN2Cc3ccc(-c4nc(NC5CCOCC5)ncc4C)cc3C2=O)c1. The molecule has 3 N–H and O–H groups in total. The predicted octanol–water partition coefficient (Wildman–Crippen LogP) is 3.16. The lowest BCUT2D eigenvalue weighted by molar-refractivity contribution is -0.122. The average Bonchev–Trinajstić information content (AvgIpc) is 3.23. The number of anilines is 1. The Morgan fingerprint density at radius 2 is 2.00 bits per heavy atom. The number of amides is 2.